The topological polar surface area (TPSA) is 131 Å². The summed E-state index contributed by atoms with van der Waals surface area (Å²) in [5, 5.41) is 16.1. The van der Waals surface area contributed by atoms with Gasteiger partial charge in [-0.2, -0.15) is 9.40 Å². The molecule has 1 aliphatic rings. The molecule has 1 unspecified atom stereocenters. The number of anilines is 1. The highest BCUT2D eigenvalue weighted by Crippen LogP contribution is 2.38. The number of amides is 1. The Morgan fingerprint density at radius 1 is 1.25 bits per heavy atom. The van der Waals surface area contributed by atoms with Crippen molar-refractivity contribution in [2.75, 3.05) is 12.4 Å². The van der Waals surface area contributed by atoms with Crippen LogP contribution in [0.5, 0.6) is 11.5 Å². The van der Waals surface area contributed by atoms with E-state index in [1.807, 2.05) is 0 Å². The molecule has 1 atom stereocenters. The number of hydrogen-bond acceptors (Lipinski definition) is 6. The molecule has 0 bridgehead atoms. The number of aromatic nitrogens is 2. The quantitative estimate of drug-likeness (QED) is 0.447. The first kappa shape index (κ1) is 25.7. The fraction of sp³-hybridized carbons (Fsp3) is 0.292. The van der Waals surface area contributed by atoms with E-state index in [1.54, 1.807) is 30.5 Å². The molecule has 1 heterocycles. The van der Waals surface area contributed by atoms with Crippen LogP contribution in [0, 0.1) is 0 Å². The van der Waals surface area contributed by atoms with E-state index in [9.17, 15) is 18.0 Å². The van der Waals surface area contributed by atoms with E-state index in [1.165, 1.54) is 41.2 Å². The number of carboxylic acid groups (broad SMARTS) is 1. The van der Waals surface area contributed by atoms with Crippen LogP contribution in [0.25, 0.3) is 0 Å². The number of ether oxygens (including phenoxy) is 1. The average molecular weight is 533 g/mol. The van der Waals surface area contributed by atoms with Crippen molar-refractivity contribution >= 4 is 39.2 Å². The lowest BCUT2D eigenvalue weighted by Gasteiger charge is -2.31. The number of halogens is 1. The van der Waals surface area contributed by atoms with Gasteiger partial charge < -0.3 is 15.2 Å². The molecular formula is C24H25ClN4O6S. The number of carbonyl (C=O) groups is 2. The van der Waals surface area contributed by atoms with Crippen molar-refractivity contribution in [2.24, 2.45) is 0 Å². The van der Waals surface area contributed by atoms with Crippen molar-refractivity contribution in [2.45, 2.75) is 43.7 Å². The molecule has 190 valence electrons. The standard InChI is InChI=1S/C24H25ClN4O6S/c1-15(30)27-16-6-8-17(9-7-16)35-23-11-10-18(12-20(23)25)36(33,34)28(2)21-4-3-5-22-19(21)13-26-29(22)14-24(31)32/h6-13,21H,3-5,14H2,1-2H3,(H,27,30)(H,31,32). The molecule has 1 aromatic heterocycles. The van der Waals surface area contributed by atoms with E-state index >= 15 is 0 Å². The molecular weight excluding hydrogens is 508 g/mol. The number of hydrogen-bond donors (Lipinski definition) is 2. The second kappa shape index (κ2) is 10.3. The van der Waals surface area contributed by atoms with Crippen LogP contribution >= 0.6 is 11.6 Å². The fourth-order valence-corrected chi connectivity index (χ4v) is 5.91. The van der Waals surface area contributed by atoms with E-state index in [0.717, 1.165) is 5.69 Å². The van der Waals surface area contributed by atoms with Crippen LogP contribution < -0.4 is 10.1 Å². The summed E-state index contributed by atoms with van der Waals surface area (Å²) < 4.78 is 35.4. The molecule has 0 fully saturated rings. The molecule has 10 nitrogen and oxygen atoms in total. The van der Waals surface area contributed by atoms with Gasteiger partial charge in [-0.25, -0.2) is 8.42 Å². The number of benzene rings is 2. The highest BCUT2D eigenvalue weighted by atomic mass is 35.5. The van der Waals surface area contributed by atoms with Crippen LogP contribution in [0.4, 0.5) is 5.69 Å². The van der Waals surface area contributed by atoms with Crippen LogP contribution in [-0.4, -0.2) is 46.5 Å². The highest BCUT2D eigenvalue weighted by molar-refractivity contribution is 7.89. The van der Waals surface area contributed by atoms with E-state index in [2.05, 4.69) is 10.4 Å². The Kier molecular flexibility index (Phi) is 7.34. The number of nitrogens with one attached hydrogen (secondary N) is 1. The van der Waals surface area contributed by atoms with Gasteiger partial charge in [0.1, 0.15) is 18.0 Å². The summed E-state index contributed by atoms with van der Waals surface area (Å²) in [5.41, 5.74) is 2.06. The molecule has 4 rings (SSSR count). The summed E-state index contributed by atoms with van der Waals surface area (Å²) >= 11 is 6.37. The lowest BCUT2D eigenvalue weighted by molar-refractivity contribution is -0.138. The zero-order chi connectivity index (χ0) is 26.0. The van der Waals surface area contributed by atoms with Crippen molar-refractivity contribution < 1.29 is 27.9 Å². The van der Waals surface area contributed by atoms with Gasteiger partial charge in [-0.15, -0.1) is 0 Å². The lowest BCUT2D eigenvalue weighted by Crippen LogP contribution is -2.33. The number of carboxylic acids is 1. The monoisotopic (exact) mass is 532 g/mol. The van der Waals surface area contributed by atoms with E-state index < -0.39 is 22.0 Å². The summed E-state index contributed by atoms with van der Waals surface area (Å²) in [7, 11) is -2.43. The number of aliphatic carboxylic acids is 1. The maximum atomic E-state index is 13.4. The third-order valence-electron chi connectivity index (χ3n) is 5.94. The Morgan fingerprint density at radius 3 is 2.61 bits per heavy atom. The SMILES string of the molecule is CC(=O)Nc1ccc(Oc2ccc(S(=O)(=O)N(C)C3CCCc4c3cnn4CC(=O)O)cc2Cl)cc1. The van der Waals surface area contributed by atoms with E-state index in [-0.39, 0.29) is 28.1 Å². The lowest BCUT2D eigenvalue weighted by atomic mass is 9.93. The zero-order valence-corrected chi connectivity index (χ0v) is 21.2. The van der Waals surface area contributed by atoms with Gasteiger partial charge in [0.2, 0.25) is 15.9 Å². The van der Waals surface area contributed by atoms with Gasteiger partial charge in [-0.1, -0.05) is 11.6 Å². The Bertz CT molecular complexity index is 1400. The third-order valence-corrected chi connectivity index (χ3v) is 8.10. The molecule has 1 amide bonds. The van der Waals surface area contributed by atoms with Gasteiger partial charge >= 0.3 is 5.97 Å². The first-order chi connectivity index (χ1) is 17.1. The molecule has 12 heteroatoms. The summed E-state index contributed by atoms with van der Waals surface area (Å²) in [6, 6.07) is 10.4. The van der Waals surface area contributed by atoms with Crippen molar-refractivity contribution in [3.63, 3.8) is 0 Å². The minimum atomic E-state index is -3.92. The summed E-state index contributed by atoms with van der Waals surface area (Å²) in [5.74, 6) is -0.455. The van der Waals surface area contributed by atoms with Crippen molar-refractivity contribution in [1.29, 1.82) is 0 Å². The van der Waals surface area contributed by atoms with E-state index in [4.69, 9.17) is 21.4 Å². The molecule has 1 aliphatic carbocycles. The van der Waals surface area contributed by atoms with Crippen LogP contribution in [0.2, 0.25) is 5.02 Å². The summed E-state index contributed by atoms with van der Waals surface area (Å²) in [6.45, 7) is 1.14. The molecule has 0 saturated carbocycles. The normalized spacial score (nSPS) is 15.4. The van der Waals surface area contributed by atoms with Gasteiger partial charge in [0.25, 0.3) is 0 Å². The molecule has 2 N–H and O–H groups in total. The van der Waals surface area contributed by atoms with Crippen molar-refractivity contribution in [3.8, 4) is 11.5 Å². The predicted octanol–water partition coefficient (Wildman–Crippen LogP) is 4.07. The largest absolute Gasteiger partial charge is 0.480 e. The van der Waals surface area contributed by atoms with Crippen LogP contribution in [0.1, 0.15) is 37.1 Å². The second-order valence-electron chi connectivity index (χ2n) is 8.43. The van der Waals surface area contributed by atoms with Gasteiger partial charge in [0.15, 0.2) is 0 Å². The smallest absolute Gasteiger partial charge is 0.325 e. The van der Waals surface area contributed by atoms with Crippen molar-refractivity contribution in [3.05, 3.63) is 64.9 Å². The Hall–Kier alpha value is -3.41. The minimum Gasteiger partial charge on any atom is -0.480 e. The highest BCUT2D eigenvalue weighted by Gasteiger charge is 2.34. The number of nitrogens with zero attached hydrogens (tertiary/aromatic N) is 3. The Morgan fingerprint density at radius 2 is 1.97 bits per heavy atom. The first-order valence-electron chi connectivity index (χ1n) is 11.2. The van der Waals surface area contributed by atoms with Crippen LogP contribution in [0.15, 0.2) is 53.6 Å². The van der Waals surface area contributed by atoms with Gasteiger partial charge in [0.05, 0.1) is 22.2 Å². The average Bonchev–Trinajstić information content (AvgIpc) is 3.23. The Labute approximate surface area is 213 Å². The number of carbonyl (C=O) groups excluding carboxylic acids is 1. The number of rotatable bonds is 8. The predicted molar refractivity (Wildman–Crippen MR) is 133 cm³/mol. The van der Waals surface area contributed by atoms with Crippen LogP contribution in [-0.2, 0) is 32.6 Å². The fourth-order valence-electron chi connectivity index (χ4n) is 4.23. The molecule has 3 aromatic rings. The molecule has 36 heavy (non-hydrogen) atoms. The van der Waals surface area contributed by atoms with Gasteiger partial charge in [0, 0.05) is 30.9 Å². The molecule has 0 saturated heterocycles. The number of sulfonamides is 1. The van der Waals surface area contributed by atoms with Crippen LogP contribution in [0.3, 0.4) is 0 Å². The minimum absolute atomic E-state index is 0.00778. The summed E-state index contributed by atoms with van der Waals surface area (Å²) in [4.78, 5) is 22.3. The van der Waals surface area contributed by atoms with Crippen molar-refractivity contribution in [1.82, 2.24) is 14.1 Å². The Balaban J connectivity index is 1.54. The molecule has 2 aromatic carbocycles. The molecule has 0 aliphatic heterocycles. The molecule has 0 radical (unpaired) electrons. The third kappa shape index (κ3) is 5.38. The van der Waals surface area contributed by atoms with Gasteiger partial charge in [-0.05, 0) is 61.7 Å². The maximum absolute atomic E-state index is 13.4. The maximum Gasteiger partial charge on any atom is 0.325 e. The molecule has 0 spiro atoms. The second-order valence-corrected chi connectivity index (χ2v) is 10.8. The van der Waals surface area contributed by atoms with Gasteiger partial charge in [-0.3, -0.25) is 14.3 Å². The number of fused-ring (bicyclic) bond motifs is 1. The first-order valence-corrected chi connectivity index (χ1v) is 13.0. The summed E-state index contributed by atoms with van der Waals surface area (Å²) in [6.07, 6.45) is 3.48. The van der Waals surface area contributed by atoms with E-state index in [0.29, 0.717) is 36.3 Å². The zero-order valence-electron chi connectivity index (χ0n) is 19.6.